The third-order valence-electron chi connectivity index (χ3n) is 5.10. The maximum absolute atomic E-state index is 13.2. The van der Waals surface area contributed by atoms with Crippen molar-refractivity contribution in [2.45, 2.75) is 34.2 Å². The Labute approximate surface area is 175 Å². The van der Waals surface area contributed by atoms with Crippen LogP contribution in [-0.2, 0) is 6.54 Å². The lowest BCUT2D eigenvalue weighted by Crippen LogP contribution is -2.16. The quantitative estimate of drug-likeness (QED) is 0.515. The van der Waals surface area contributed by atoms with E-state index in [1.54, 1.807) is 35.0 Å². The summed E-state index contributed by atoms with van der Waals surface area (Å²) < 4.78 is 7.33. The molecule has 3 rings (SSSR count). The monoisotopic (exact) mass is 410 g/mol. The number of aryl methyl sites for hydroxylation is 2. The van der Waals surface area contributed by atoms with Crippen molar-refractivity contribution in [3.63, 3.8) is 0 Å². The number of ether oxygens (including phenoxy) is 1. The lowest BCUT2D eigenvalue weighted by Gasteiger charge is -2.13. The number of aromatic nitrogens is 2. The van der Waals surface area contributed by atoms with Crippen molar-refractivity contribution in [1.82, 2.24) is 9.78 Å². The number of ketones is 2. The highest BCUT2D eigenvalue weighted by Crippen LogP contribution is 2.31. The lowest BCUT2D eigenvalue weighted by molar-refractivity contribution is 0.0907. The Balaban J connectivity index is 1.93. The minimum absolute atomic E-state index is 0.173. The number of nitrogens with zero attached hydrogens (tertiary/aromatic N) is 2. The highest BCUT2D eigenvalue weighted by molar-refractivity contribution is 6.36. The normalized spacial score (nSPS) is 10.8. The van der Waals surface area contributed by atoms with Crippen molar-refractivity contribution in [1.29, 1.82) is 0 Å². The maximum atomic E-state index is 13.2. The molecule has 0 amide bonds. The van der Waals surface area contributed by atoms with Crippen molar-refractivity contribution < 1.29 is 14.3 Å². The fourth-order valence-electron chi connectivity index (χ4n) is 3.11. The smallest absolute Gasteiger partial charge is 0.223 e. The number of rotatable bonds is 7. The number of hydrogen-bond acceptors (Lipinski definition) is 4. The van der Waals surface area contributed by atoms with Gasteiger partial charge < -0.3 is 4.74 Å². The van der Waals surface area contributed by atoms with Crippen molar-refractivity contribution in [2.24, 2.45) is 0 Å². The standard InChI is InChI=1S/C23H23ClN2O3/c1-5-26-23(29-13-20(27)17-9-7-6-8-10-17)19(12-25-26)22(28)18-11-14(2)15(3)16(4)21(18)24/h6-12H,5,13H2,1-4H3. The first-order valence-corrected chi connectivity index (χ1v) is 9.80. The summed E-state index contributed by atoms with van der Waals surface area (Å²) in [5.41, 5.74) is 4.16. The molecule has 0 fully saturated rings. The van der Waals surface area contributed by atoms with Gasteiger partial charge in [0.2, 0.25) is 11.7 Å². The Bertz CT molecular complexity index is 1070. The minimum atomic E-state index is -0.275. The first kappa shape index (κ1) is 20.8. The highest BCUT2D eigenvalue weighted by atomic mass is 35.5. The van der Waals surface area contributed by atoms with Gasteiger partial charge in [0.25, 0.3) is 0 Å². The van der Waals surface area contributed by atoms with Crippen LogP contribution in [-0.4, -0.2) is 28.0 Å². The second-order valence-electron chi connectivity index (χ2n) is 6.89. The molecule has 0 saturated carbocycles. The summed E-state index contributed by atoms with van der Waals surface area (Å²) in [5, 5.41) is 4.67. The van der Waals surface area contributed by atoms with Gasteiger partial charge in [-0.05, 0) is 50.5 Å². The SMILES string of the molecule is CCn1ncc(C(=O)c2cc(C)c(C)c(C)c2Cl)c1OCC(=O)c1ccccc1. The average Bonchev–Trinajstić information content (AvgIpc) is 3.16. The van der Waals surface area contributed by atoms with Gasteiger partial charge in [-0.2, -0.15) is 5.10 Å². The molecular formula is C23H23ClN2O3. The van der Waals surface area contributed by atoms with Crippen molar-refractivity contribution >= 4 is 23.2 Å². The molecule has 0 atom stereocenters. The van der Waals surface area contributed by atoms with Gasteiger partial charge in [-0.15, -0.1) is 0 Å². The second kappa shape index (κ2) is 8.62. The van der Waals surface area contributed by atoms with Crippen LogP contribution in [0.1, 0.15) is 49.9 Å². The largest absolute Gasteiger partial charge is 0.469 e. The first-order chi connectivity index (χ1) is 13.8. The summed E-state index contributed by atoms with van der Waals surface area (Å²) >= 11 is 6.47. The Morgan fingerprint density at radius 3 is 2.41 bits per heavy atom. The van der Waals surface area contributed by atoms with E-state index in [4.69, 9.17) is 16.3 Å². The van der Waals surface area contributed by atoms with Gasteiger partial charge in [-0.25, -0.2) is 4.68 Å². The van der Waals surface area contributed by atoms with Crippen LogP contribution >= 0.6 is 11.6 Å². The zero-order valence-electron chi connectivity index (χ0n) is 17.0. The van der Waals surface area contributed by atoms with Crippen LogP contribution in [0.3, 0.4) is 0 Å². The molecule has 0 aliphatic carbocycles. The molecule has 0 aliphatic heterocycles. The Hall–Kier alpha value is -2.92. The van der Waals surface area contributed by atoms with Crippen molar-refractivity contribution in [3.05, 3.63) is 81.0 Å². The van der Waals surface area contributed by atoms with Gasteiger partial charge in [0, 0.05) is 17.7 Å². The molecule has 1 heterocycles. The molecule has 0 radical (unpaired) electrons. The van der Waals surface area contributed by atoms with Crippen LogP contribution in [0, 0.1) is 20.8 Å². The molecule has 6 heteroatoms. The van der Waals surface area contributed by atoms with E-state index in [1.807, 2.05) is 33.8 Å². The fourth-order valence-corrected chi connectivity index (χ4v) is 3.39. The molecule has 1 aromatic heterocycles. The summed E-state index contributed by atoms with van der Waals surface area (Å²) in [6.07, 6.45) is 1.47. The lowest BCUT2D eigenvalue weighted by atomic mass is 9.96. The van der Waals surface area contributed by atoms with E-state index in [1.165, 1.54) is 6.20 Å². The summed E-state index contributed by atoms with van der Waals surface area (Å²) in [6, 6.07) is 10.7. The predicted octanol–water partition coefficient (Wildman–Crippen LogP) is 4.97. The fraction of sp³-hybridized carbons (Fsp3) is 0.261. The van der Waals surface area contributed by atoms with Crippen molar-refractivity contribution in [2.75, 3.05) is 6.61 Å². The number of benzene rings is 2. The zero-order chi connectivity index (χ0) is 21.1. The van der Waals surface area contributed by atoms with Gasteiger partial charge in [-0.1, -0.05) is 41.9 Å². The molecule has 0 spiro atoms. The predicted molar refractivity (Wildman–Crippen MR) is 113 cm³/mol. The molecule has 2 aromatic carbocycles. The minimum Gasteiger partial charge on any atom is -0.469 e. The van der Waals surface area contributed by atoms with Crippen LogP contribution in [0.2, 0.25) is 5.02 Å². The third kappa shape index (κ3) is 4.10. The molecule has 150 valence electrons. The topological polar surface area (TPSA) is 61.2 Å². The average molecular weight is 411 g/mol. The van der Waals surface area contributed by atoms with E-state index < -0.39 is 0 Å². The van der Waals surface area contributed by atoms with Gasteiger partial charge in [0.15, 0.2) is 12.4 Å². The van der Waals surface area contributed by atoms with E-state index >= 15 is 0 Å². The number of carbonyl (C=O) groups excluding carboxylic acids is 2. The van der Waals surface area contributed by atoms with Gasteiger partial charge in [0.05, 0.1) is 11.2 Å². The zero-order valence-corrected chi connectivity index (χ0v) is 17.7. The van der Waals surface area contributed by atoms with E-state index in [0.717, 1.165) is 16.7 Å². The van der Waals surface area contributed by atoms with Crippen LogP contribution < -0.4 is 4.74 Å². The van der Waals surface area contributed by atoms with E-state index in [-0.39, 0.29) is 29.6 Å². The summed E-state index contributed by atoms with van der Waals surface area (Å²) in [4.78, 5) is 25.7. The van der Waals surface area contributed by atoms with Crippen LogP contribution in [0.5, 0.6) is 5.88 Å². The van der Waals surface area contributed by atoms with Crippen LogP contribution in [0.4, 0.5) is 0 Å². The highest BCUT2D eigenvalue weighted by Gasteiger charge is 2.24. The van der Waals surface area contributed by atoms with E-state index in [9.17, 15) is 9.59 Å². The number of Topliss-reactive ketones (excluding diaryl/α,β-unsaturated/α-hetero) is 1. The molecule has 0 bridgehead atoms. The first-order valence-electron chi connectivity index (χ1n) is 9.43. The van der Waals surface area contributed by atoms with Crippen LogP contribution in [0.15, 0.2) is 42.6 Å². The third-order valence-corrected chi connectivity index (χ3v) is 5.58. The van der Waals surface area contributed by atoms with Gasteiger partial charge in [0.1, 0.15) is 5.56 Å². The number of halogens is 1. The molecule has 29 heavy (non-hydrogen) atoms. The molecule has 0 saturated heterocycles. The van der Waals surface area contributed by atoms with Gasteiger partial charge >= 0.3 is 0 Å². The summed E-state index contributed by atoms with van der Waals surface area (Å²) in [7, 11) is 0. The molecular weight excluding hydrogens is 388 g/mol. The Kier molecular flexibility index (Phi) is 6.18. The van der Waals surface area contributed by atoms with E-state index in [0.29, 0.717) is 22.7 Å². The van der Waals surface area contributed by atoms with Crippen molar-refractivity contribution in [3.8, 4) is 5.88 Å². The summed E-state index contributed by atoms with van der Waals surface area (Å²) in [6.45, 7) is 8.02. The number of carbonyl (C=O) groups is 2. The number of hydrogen-bond donors (Lipinski definition) is 0. The molecule has 0 aliphatic rings. The second-order valence-corrected chi connectivity index (χ2v) is 7.27. The molecule has 0 unspecified atom stereocenters. The maximum Gasteiger partial charge on any atom is 0.223 e. The van der Waals surface area contributed by atoms with Gasteiger partial charge in [-0.3, -0.25) is 9.59 Å². The Morgan fingerprint density at radius 1 is 1.07 bits per heavy atom. The summed E-state index contributed by atoms with van der Waals surface area (Å²) in [5.74, 6) is -0.176. The molecule has 5 nitrogen and oxygen atoms in total. The van der Waals surface area contributed by atoms with E-state index in [2.05, 4.69) is 5.10 Å². The molecule has 0 N–H and O–H groups in total. The molecule has 3 aromatic rings. The van der Waals surface area contributed by atoms with Crippen LogP contribution in [0.25, 0.3) is 0 Å². The Morgan fingerprint density at radius 2 is 1.76 bits per heavy atom.